The number of carbonyl (C=O) groups excluding carboxylic acids is 1. The molecule has 25 heavy (non-hydrogen) atoms. The largest absolute Gasteiger partial charge is 0.484 e. The van der Waals surface area contributed by atoms with Crippen molar-refractivity contribution in [1.29, 1.82) is 0 Å². The maximum Gasteiger partial charge on any atom is 0.286 e. The van der Waals surface area contributed by atoms with Crippen LogP contribution in [0.1, 0.15) is 0 Å². The Morgan fingerprint density at radius 2 is 2.08 bits per heavy atom. The van der Waals surface area contributed by atoms with E-state index in [1.807, 2.05) is 29.0 Å². The van der Waals surface area contributed by atoms with Crippen molar-refractivity contribution >= 4 is 39.2 Å². The lowest BCUT2D eigenvalue weighted by molar-refractivity contribution is -0.120. The lowest BCUT2D eigenvalue weighted by Gasteiger charge is -2.04. The number of benzene rings is 2. The Balaban J connectivity index is 1.87. The summed E-state index contributed by atoms with van der Waals surface area (Å²) in [6.07, 6.45) is 2.02. The molecule has 0 aliphatic carbocycles. The van der Waals surface area contributed by atoms with Crippen LogP contribution >= 0.6 is 23.1 Å². The summed E-state index contributed by atoms with van der Waals surface area (Å²) in [7, 11) is 0. The fraction of sp³-hybridized carbons (Fsp3) is 0.222. The minimum absolute atomic E-state index is 0.130. The number of nitrogens with zero attached hydrogens (tertiary/aromatic N) is 2. The topological polar surface area (TPSA) is 43.6 Å². The number of carbonyl (C=O) groups is 1. The van der Waals surface area contributed by atoms with Crippen LogP contribution in [-0.2, 0) is 11.3 Å². The molecule has 0 saturated heterocycles. The molecule has 7 heteroatoms. The zero-order valence-corrected chi connectivity index (χ0v) is 15.3. The molecular weight excluding hydrogens is 359 g/mol. The van der Waals surface area contributed by atoms with Crippen molar-refractivity contribution in [2.24, 2.45) is 4.99 Å². The van der Waals surface area contributed by atoms with Crippen LogP contribution in [0.15, 0.2) is 53.5 Å². The van der Waals surface area contributed by atoms with Gasteiger partial charge in [-0.3, -0.25) is 4.79 Å². The van der Waals surface area contributed by atoms with Gasteiger partial charge in [0.05, 0.1) is 10.2 Å². The summed E-state index contributed by atoms with van der Waals surface area (Å²) in [5.41, 5.74) is 0.885. The molecule has 4 nitrogen and oxygen atoms in total. The molecule has 0 radical (unpaired) electrons. The number of para-hydroxylation sites is 1. The second kappa shape index (κ2) is 8.31. The SMILES string of the molecule is CSCCn1c(=NC(=O)COc2ccccc2)sc2cc(F)ccc21. The second-order valence-corrected chi connectivity index (χ2v) is 7.24. The molecule has 0 aliphatic rings. The quantitative estimate of drug-likeness (QED) is 0.659. The molecule has 0 fully saturated rings. The van der Waals surface area contributed by atoms with E-state index >= 15 is 0 Å². The van der Waals surface area contributed by atoms with Crippen LogP contribution in [0.4, 0.5) is 4.39 Å². The van der Waals surface area contributed by atoms with Crippen molar-refractivity contribution in [1.82, 2.24) is 4.57 Å². The number of halogens is 1. The molecule has 3 rings (SSSR count). The third kappa shape index (κ3) is 4.49. The molecule has 0 bridgehead atoms. The Labute approximate surface area is 153 Å². The van der Waals surface area contributed by atoms with E-state index in [4.69, 9.17) is 4.74 Å². The summed E-state index contributed by atoms with van der Waals surface area (Å²) >= 11 is 3.01. The molecule has 3 aromatic rings. The van der Waals surface area contributed by atoms with Gasteiger partial charge in [0.25, 0.3) is 5.91 Å². The summed E-state index contributed by atoms with van der Waals surface area (Å²) in [6, 6.07) is 13.8. The minimum atomic E-state index is -0.367. The van der Waals surface area contributed by atoms with Crippen molar-refractivity contribution in [3.63, 3.8) is 0 Å². The van der Waals surface area contributed by atoms with E-state index in [0.717, 1.165) is 16.0 Å². The first-order chi connectivity index (χ1) is 12.2. The molecule has 0 saturated carbocycles. The Bertz CT molecular complexity index is 935. The van der Waals surface area contributed by atoms with Crippen LogP contribution < -0.4 is 9.54 Å². The van der Waals surface area contributed by atoms with Gasteiger partial charge in [-0.25, -0.2) is 4.39 Å². The summed E-state index contributed by atoms with van der Waals surface area (Å²) in [5, 5.41) is 0. The van der Waals surface area contributed by atoms with Crippen LogP contribution in [0.25, 0.3) is 10.2 Å². The number of hydrogen-bond acceptors (Lipinski definition) is 4. The number of ether oxygens (including phenoxy) is 1. The number of thiazole rings is 1. The lowest BCUT2D eigenvalue weighted by atomic mass is 10.3. The number of aromatic nitrogens is 1. The van der Waals surface area contributed by atoms with Crippen molar-refractivity contribution < 1.29 is 13.9 Å². The zero-order valence-electron chi connectivity index (χ0n) is 13.6. The van der Waals surface area contributed by atoms with Gasteiger partial charge in [-0.15, -0.1) is 0 Å². The molecular formula is C18H17FN2O2S2. The summed E-state index contributed by atoms with van der Waals surface area (Å²) in [4.78, 5) is 16.9. The van der Waals surface area contributed by atoms with E-state index < -0.39 is 0 Å². The predicted octanol–water partition coefficient (Wildman–Crippen LogP) is 3.71. The lowest BCUT2D eigenvalue weighted by Crippen LogP contribution is -2.20. The smallest absolute Gasteiger partial charge is 0.286 e. The number of aryl methyl sites for hydroxylation is 1. The minimum Gasteiger partial charge on any atom is -0.484 e. The third-order valence-electron chi connectivity index (χ3n) is 3.49. The molecule has 0 N–H and O–H groups in total. The van der Waals surface area contributed by atoms with E-state index in [1.165, 1.54) is 23.5 Å². The van der Waals surface area contributed by atoms with Gasteiger partial charge in [-0.05, 0) is 36.6 Å². The normalized spacial score (nSPS) is 11.8. The summed E-state index contributed by atoms with van der Waals surface area (Å²) < 4.78 is 21.6. The average molecular weight is 376 g/mol. The molecule has 1 aromatic heterocycles. The van der Waals surface area contributed by atoms with Crippen molar-refractivity contribution in [3.05, 3.63) is 59.1 Å². The van der Waals surface area contributed by atoms with Gasteiger partial charge in [0.2, 0.25) is 0 Å². The first-order valence-corrected chi connectivity index (χ1v) is 9.91. The van der Waals surface area contributed by atoms with Crippen LogP contribution in [0.5, 0.6) is 5.75 Å². The maximum atomic E-state index is 13.5. The van der Waals surface area contributed by atoms with Crippen LogP contribution in [-0.4, -0.2) is 29.1 Å². The van der Waals surface area contributed by atoms with Crippen LogP contribution in [0, 0.1) is 5.82 Å². The fourth-order valence-electron chi connectivity index (χ4n) is 2.33. The second-order valence-electron chi connectivity index (χ2n) is 5.25. The Morgan fingerprint density at radius 3 is 2.84 bits per heavy atom. The third-order valence-corrected chi connectivity index (χ3v) is 5.12. The molecule has 0 spiro atoms. The Morgan fingerprint density at radius 1 is 1.28 bits per heavy atom. The highest BCUT2D eigenvalue weighted by Gasteiger charge is 2.09. The highest BCUT2D eigenvalue weighted by Crippen LogP contribution is 2.19. The van der Waals surface area contributed by atoms with Crippen LogP contribution in [0.3, 0.4) is 0 Å². The Kier molecular flexibility index (Phi) is 5.88. The van der Waals surface area contributed by atoms with Crippen molar-refractivity contribution in [2.75, 3.05) is 18.6 Å². The van der Waals surface area contributed by atoms with E-state index in [-0.39, 0.29) is 18.3 Å². The van der Waals surface area contributed by atoms with E-state index in [9.17, 15) is 9.18 Å². The summed E-state index contributed by atoms with van der Waals surface area (Å²) in [6.45, 7) is 0.577. The maximum absolute atomic E-state index is 13.5. The Hall–Kier alpha value is -2.12. The van der Waals surface area contributed by atoms with Gasteiger partial charge in [0.1, 0.15) is 11.6 Å². The van der Waals surface area contributed by atoms with Gasteiger partial charge in [0, 0.05) is 12.3 Å². The highest BCUT2D eigenvalue weighted by atomic mass is 32.2. The molecule has 0 aliphatic heterocycles. The molecule has 0 atom stereocenters. The fourth-order valence-corrected chi connectivity index (χ4v) is 3.80. The molecule has 1 amide bonds. The van der Waals surface area contributed by atoms with Gasteiger partial charge >= 0.3 is 0 Å². The van der Waals surface area contributed by atoms with Gasteiger partial charge in [-0.2, -0.15) is 16.8 Å². The molecule has 130 valence electrons. The first-order valence-electron chi connectivity index (χ1n) is 7.70. The zero-order chi connectivity index (χ0) is 17.6. The number of thioether (sulfide) groups is 1. The van der Waals surface area contributed by atoms with Crippen molar-refractivity contribution in [2.45, 2.75) is 6.54 Å². The molecule has 1 heterocycles. The van der Waals surface area contributed by atoms with Gasteiger partial charge in [-0.1, -0.05) is 29.5 Å². The van der Waals surface area contributed by atoms with E-state index in [1.54, 1.807) is 30.0 Å². The van der Waals surface area contributed by atoms with Gasteiger partial charge in [0.15, 0.2) is 11.4 Å². The molecule has 2 aromatic carbocycles. The number of rotatable bonds is 6. The van der Waals surface area contributed by atoms with Crippen molar-refractivity contribution in [3.8, 4) is 5.75 Å². The van der Waals surface area contributed by atoms with E-state index in [2.05, 4.69) is 4.99 Å². The predicted molar refractivity (Wildman–Crippen MR) is 101 cm³/mol. The number of amides is 1. The first kappa shape index (κ1) is 17.7. The van der Waals surface area contributed by atoms with Crippen LogP contribution in [0.2, 0.25) is 0 Å². The van der Waals surface area contributed by atoms with E-state index in [0.29, 0.717) is 17.1 Å². The molecule has 0 unspecified atom stereocenters. The standard InChI is InChI=1S/C18H17FN2O2S2/c1-24-10-9-21-15-8-7-13(19)11-16(15)25-18(21)20-17(22)12-23-14-5-3-2-4-6-14/h2-8,11H,9-10,12H2,1H3. The number of fused-ring (bicyclic) bond motifs is 1. The average Bonchev–Trinajstić information content (AvgIpc) is 2.95. The van der Waals surface area contributed by atoms with Gasteiger partial charge < -0.3 is 9.30 Å². The highest BCUT2D eigenvalue weighted by molar-refractivity contribution is 7.98. The number of hydrogen-bond donors (Lipinski definition) is 0. The monoisotopic (exact) mass is 376 g/mol. The summed E-state index contributed by atoms with van der Waals surface area (Å²) in [5.74, 6) is 0.843.